The summed E-state index contributed by atoms with van der Waals surface area (Å²) in [6.07, 6.45) is 2.59. The van der Waals surface area contributed by atoms with Gasteiger partial charge in [0, 0.05) is 25.6 Å². The molecular formula is C16H19N3O3. The second-order valence-electron chi connectivity index (χ2n) is 5.30. The lowest BCUT2D eigenvalue weighted by atomic mass is 10.1. The molecule has 0 aliphatic carbocycles. The molecule has 2 heterocycles. The zero-order chi connectivity index (χ0) is 15.7. The molecule has 1 amide bonds. The highest BCUT2D eigenvalue weighted by Gasteiger charge is 2.25. The van der Waals surface area contributed by atoms with Crippen LogP contribution in [0.3, 0.4) is 0 Å². The quantitative estimate of drug-likeness (QED) is 0.865. The van der Waals surface area contributed by atoms with Crippen LogP contribution in [0.4, 0.5) is 0 Å². The van der Waals surface area contributed by atoms with Crippen LogP contribution in [-0.2, 0) is 20.0 Å². The maximum absolute atomic E-state index is 12.7. The lowest BCUT2D eigenvalue weighted by Gasteiger charge is -2.27. The molecule has 2 aromatic rings. The van der Waals surface area contributed by atoms with Gasteiger partial charge in [-0.1, -0.05) is 0 Å². The third-order valence-corrected chi connectivity index (χ3v) is 4.02. The molecule has 1 aromatic carbocycles. The fraction of sp³-hybridized carbons (Fsp3) is 0.375. The number of aromatic nitrogens is 2. The number of fused-ring (bicyclic) bond motifs is 1. The number of benzene rings is 1. The molecular weight excluding hydrogens is 282 g/mol. The summed E-state index contributed by atoms with van der Waals surface area (Å²) in [5.74, 6) is 1.17. The summed E-state index contributed by atoms with van der Waals surface area (Å²) in [4.78, 5) is 18.9. The summed E-state index contributed by atoms with van der Waals surface area (Å²) in [5.41, 5.74) is 2.78. The van der Waals surface area contributed by atoms with E-state index in [9.17, 15) is 4.79 Å². The average molecular weight is 301 g/mol. The van der Waals surface area contributed by atoms with Crippen LogP contribution in [-0.4, -0.2) is 41.1 Å². The number of hydrogen-bond acceptors (Lipinski definition) is 4. The molecule has 0 unspecified atom stereocenters. The van der Waals surface area contributed by atoms with Crippen LogP contribution in [0.25, 0.3) is 0 Å². The first-order chi connectivity index (χ1) is 10.6. The number of rotatable bonds is 3. The van der Waals surface area contributed by atoms with Crippen LogP contribution in [0.2, 0.25) is 0 Å². The molecule has 0 bridgehead atoms. The Morgan fingerprint density at radius 2 is 2.00 bits per heavy atom. The first-order valence-corrected chi connectivity index (χ1v) is 7.14. The van der Waals surface area contributed by atoms with Crippen LogP contribution in [0, 0.1) is 0 Å². The Balaban J connectivity index is 1.84. The van der Waals surface area contributed by atoms with Gasteiger partial charge in [0.15, 0.2) is 11.5 Å². The van der Waals surface area contributed by atoms with Gasteiger partial charge < -0.3 is 18.9 Å². The van der Waals surface area contributed by atoms with Crippen molar-refractivity contribution in [3.8, 4) is 11.5 Å². The highest BCUT2D eigenvalue weighted by Crippen LogP contribution is 2.28. The van der Waals surface area contributed by atoms with Gasteiger partial charge in [-0.15, -0.1) is 0 Å². The Labute approximate surface area is 129 Å². The molecule has 116 valence electrons. The van der Waals surface area contributed by atoms with Crippen molar-refractivity contribution < 1.29 is 14.3 Å². The largest absolute Gasteiger partial charge is 0.493 e. The summed E-state index contributed by atoms with van der Waals surface area (Å²) >= 11 is 0. The Morgan fingerprint density at radius 1 is 1.23 bits per heavy atom. The predicted octanol–water partition coefficient (Wildman–Crippen LogP) is 1.64. The van der Waals surface area contributed by atoms with E-state index in [1.54, 1.807) is 38.7 Å². The van der Waals surface area contributed by atoms with Crippen molar-refractivity contribution in [2.24, 2.45) is 7.05 Å². The van der Waals surface area contributed by atoms with Crippen LogP contribution in [0.5, 0.6) is 11.5 Å². The highest BCUT2D eigenvalue weighted by atomic mass is 16.5. The third-order valence-electron chi connectivity index (χ3n) is 4.02. The molecule has 3 rings (SSSR count). The van der Waals surface area contributed by atoms with Crippen molar-refractivity contribution in [1.29, 1.82) is 0 Å². The molecule has 1 aliphatic heterocycles. The second kappa shape index (κ2) is 5.71. The molecule has 0 saturated carbocycles. The fourth-order valence-electron chi connectivity index (χ4n) is 2.74. The van der Waals surface area contributed by atoms with Gasteiger partial charge >= 0.3 is 0 Å². The number of amides is 1. The molecule has 6 heteroatoms. The normalized spacial score (nSPS) is 13.7. The second-order valence-corrected chi connectivity index (χ2v) is 5.30. The SMILES string of the molecule is COc1ccc(C(=O)N2CCc3ncn(C)c3C2)cc1OC. The molecule has 0 radical (unpaired) electrons. The van der Waals surface area contributed by atoms with Crippen molar-refractivity contribution in [3.63, 3.8) is 0 Å². The lowest BCUT2D eigenvalue weighted by Crippen LogP contribution is -2.36. The first-order valence-electron chi connectivity index (χ1n) is 7.14. The fourth-order valence-corrected chi connectivity index (χ4v) is 2.74. The minimum atomic E-state index is -0.00666. The van der Waals surface area contributed by atoms with Gasteiger partial charge in [0.25, 0.3) is 5.91 Å². The minimum Gasteiger partial charge on any atom is -0.493 e. The number of hydrogen-bond donors (Lipinski definition) is 0. The number of imidazole rings is 1. The summed E-state index contributed by atoms with van der Waals surface area (Å²) in [6, 6.07) is 5.24. The summed E-state index contributed by atoms with van der Waals surface area (Å²) < 4.78 is 12.4. The zero-order valence-corrected chi connectivity index (χ0v) is 13.0. The zero-order valence-electron chi connectivity index (χ0n) is 13.0. The molecule has 0 N–H and O–H groups in total. The maximum Gasteiger partial charge on any atom is 0.254 e. The first kappa shape index (κ1) is 14.4. The number of nitrogens with zero attached hydrogens (tertiary/aromatic N) is 3. The summed E-state index contributed by atoms with van der Waals surface area (Å²) in [6.45, 7) is 1.26. The summed E-state index contributed by atoms with van der Waals surface area (Å²) in [7, 11) is 5.10. The molecule has 22 heavy (non-hydrogen) atoms. The van der Waals surface area contributed by atoms with E-state index >= 15 is 0 Å². The average Bonchev–Trinajstić information content (AvgIpc) is 2.94. The van der Waals surface area contributed by atoms with Gasteiger partial charge in [0.2, 0.25) is 0 Å². The van der Waals surface area contributed by atoms with Crippen LogP contribution < -0.4 is 9.47 Å². The van der Waals surface area contributed by atoms with Crippen molar-refractivity contribution in [3.05, 3.63) is 41.5 Å². The topological polar surface area (TPSA) is 56.6 Å². The predicted molar refractivity (Wildman–Crippen MR) is 81.2 cm³/mol. The van der Waals surface area contributed by atoms with Gasteiger partial charge in [0.05, 0.1) is 38.5 Å². The Kier molecular flexibility index (Phi) is 3.75. The Bertz CT molecular complexity index is 709. The van der Waals surface area contributed by atoms with Crippen LogP contribution in [0.15, 0.2) is 24.5 Å². The maximum atomic E-state index is 12.7. The van der Waals surface area contributed by atoms with Gasteiger partial charge in [-0.25, -0.2) is 4.98 Å². The number of aryl methyl sites for hydroxylation is 1. The molecule has 0 atom stereocenters. The van der Waals surface area contributed by atoms with Gasteiger partial charge in [-0.05, 0) is 18.2 Å². The minimum absolute atomic E-state index is 0.00666. The van der Waals surface area contributed by atoms with E-state index in [-0.39, 0.29) is 5.91 Å². The van der Waals surface area contributed by atoms with Crippen molar-refractivity contribution in [2.45, 2.75) is 13.0 Å². The Hall–Kier alpha value is -2.50. The van der Waals surface area contributed by atoms with E-state index in [1.807, 2.05) is 16.5 Å². The molecule has 1 aromatic heterocycles. The van der Waals surface area contributed by atoms with Crippen LogP contribution in [0.1, 0.15) is 21.7 Å². The number of methoxy groups -OCH3 is 2. The van der Waals surface area contributed by atoms with E-state index in [4.69, 9.17) is 9.47 Å². The lowest BCUT2D eigenvalue weighted by molar-refractivity contribution is 0.0729. The van der Waals surface area contributed by atoms with Crippen molar-refractivity contribution >= 4 is 5.91 Å². The van der Waals surface area contributed by atoms with Gasteiger partial charge in [-0.3, -0.25) is 4.79 Å². The van der Waals surface area contributed by atoms with E-state index in [0.29, 0.717) is 30.2 Å². The van der Waals surface area contributed by atoms with E-state index < -0.39 is 0 Å². The van der Waals surface area contributed by atoms with Gasteiger partial charge in [-0.2, -0.15) is 0 Å². The highest BCUT2D eigenvalue weighted by molar-refractivity contribution is 5.95. The number of carbonyl (C=O) groups is 1. The molecule has 0 spiro atoms. The Morgan fingerprint density at radius 3 is 2.73 bits per heavy atom. The molecule has 1 aliphatic rings. The van der Waals surface area contributed by atoms with Gasteiger partial charge in [0.1, 0.15) is 0 Å². The molecule has 0 fully saturated rings. The number of carbonyl (C=O) groups excluding carboxylic acids is 1. The summed E-state index contributed by atoms with van der Waals surface area (Å²) in [5, 5.41) is 0. The van der Waals surface area contributed by atoms with Crippen LogP contribution >= 0.6 is 0 Å². The van der Waals surface area contributed by atoms with Crippen molar-refractivity contribution in [1.82, 2.24) is 14.5 Å². The monoisotopic (exact) mass is 301 g/mol. The van der Waals surface area contributed by atoms with Crippen molar-refractivity contribution in [2.75, 3.05) is 20.8 Å². The van der Waals surface area contributed by atoms with E-state index in [1.165, 1.54) is 0 Å². The van der Waals surface area contributed by atoms with E-state index in [0.717, 1.165) is 17.8 Å². The standard InChI is InChI=1S/C16H19N3O3/c1-18-10-17-12-6-7-19(9-13(12)18)16(20)11-4-5-14(21-2)15(8-11)22-3/h4-5,8,10H,6-7,9H2,1-3H3. The third kappa shape index (κ3) is 2.41. The van der Waals surface area contributed by atoms with E-state index in [2.05, 4.69) is 4.98 Å². The number of ether oxygens (including phenoxy) is 2. The molecule has 6 nitrogen and oxygen atoms in total. The smallest absolute Gasteiger partial charge is 0.254 e. The molecule has 0 saturated heterocycles.